The van der Waals surface area contributed by atoms with Crippen LogP contribution in [-0.4, -0.2) is 6.04 Å². The lowest BCUT2D eigenvalue weighted by atomic mass is 10.1. The molecule has 1 atom stereocenters. The van der Waals surface area contributed by atoms with Crippen LogP contribution in [0.3, 0.4) is 0 Å². The summed E-state index contributed by atoms with van der Waals surface area (Å²) in [5, 5.41) is 0. The molecule has 0 rings (SSSR count). The van der Waals surface area contributed by atoms with Crippen molar-refractivity contribution >= 4 is 12.4 Å². The number of hydrazine groups is 1. The lowest BCUT2D eigenvalue weighted by Crippen LogP contribution is -2.36. The van der Waals surface area contributed by atoms with Crippen LogP contribution >= 0.6 is 12.4 Å². The Morgan fingerprint density at radius 3 is 1.62 bits per heavy atom. The van der Waals surface area contributed by atoms with Crippen LogP contribution in [0, 0.1) is 5.92 Å². The Bertz CT molecular complexity index is 47.7. The van der Waals surface area contributed by atoms with E-state index >= 15 is 0 Å². The molecule has 1 unspecified atom stereocenters. The minimum atomic E-state index is 0. The van der Waals surface area contributed by atoms with Crippen LogP contribution < -0.4 is 11.3 Å². The smallest absolute Gasteiger partial charge is 0.0205 e. The average molecular weight is 139 g/mol. The molecule has 0 aromatic carbocycles. The minimum absolute atomic E-state index is 0. The molecule has 2 nitrogen and oxygen atoms in total. The fraction of sp³-hybridized carbons (Fsp3) is 1.00. The topological polar surface area (TPSA) is 38.0 Å². The third-order valence-electron chi connectivity index (χ3n) is 1.26. The van der Waals surface area contributed by atoms with Crippen molar-refractivity contribution in [2.24, 2.45) is 11.8 Å². The summed E-state index contributed by atoms with van der Waals surface area (Å²) < 4.78 is 0. The fourth-order valence-corrected chi connectivity index (χ4v) is 0.192. The van der Waals surface area contributed by atoms with E-state index in [-0.39, 0.29) is 12.4 Å². The maximum absolute atomic E-state index is 5.12. The molecule has 0 aliphatic carbocycles. The lowest BCUT2D eigenvalue weighted by Gasteiger charge is -2.12. The third kappa shape index (κ3) is 4.37. The van der Waals surface area contributed by atoms with E-state index in [2.05, 4.69) is 26.2 Å². The molecule has 0 saturated carbocycles. The highest BCUT2D eigenvalue weighted by Gasteiger charge is 2.00. The second-order valence-electron chi connectivity index (χ2n) is 2.20. The van der Waals surface area contributed by atoms with Crippen molar-refractivity contribution in [3.8, 4) is 0 Å². The van der Waals surface area contributed by atoms with Gasteiger partial charge in [-0.15, -0.1) is 12.4 Å². The molecule has 0 saturated heterocycles. The van der Waals surface area contributed by atoms with Gasteiger partial charge in [-0.2, -0.15) is 0 Å². The van der Waals surface area contributed by atoms with Crippen molar-refractivity contribution in [2.45, 2.75) is 26.8 Å². The molecule has 3 heteroatoms. The van der Waals surface area contributed by atoms with Gasteiger partial charge in [0.05, 0.1) is 0 Å². The van der Waals surface area contributed by atoms with Crippen molar-refractivity contribution in [1.82, 2.24) is 5.43 Å². The number of nitrogens with one attached hydrogen (secondary N) is 1. The monoisotopic (exact) mass is 138 g/mol. The Labute approximate surface area is 57.2 Å². The van der Waals surface area contributed by atoms with Crippen LogP contribution in [0.4, 0.5) is 0 Å². The molecule has 0 heterocycles. The Morgan fingerprint density at radius 1 is 1.25 bits per heavy atom. The van der Waals surface area contributed by atoms with Crippen molar-refractivity contribution in [3.63, 3.8) is 0 Å². The summed E-state index contributed by atoms with van der Waals surface area (Å²) in [4.78, 5) is 0. The number of nitrogens with two attached hydrogens (primary N) is 1. The molecule has 0 bridgehead atoms. The van der Waals surface area contributed by atoms with Gasteiger partial charge >= 0.3 is 0 Å². The zero-order valence-electron chi connectivity index (χ0n) is 5.64. The Kier molecular flexibility index (Phi) is 7.40. The van der Waals surface area contributed by atoms with Crippen LogP contribution in [0.15, 0.2) is 0 Å². The van der Waals surface area contributed by atoms with Gasteiger partial charge in [0, 0.05) is 6.04 Å². The number of hydrogen-bond donors (Lipinski definition) is 2. The average Bonchev–Trinajstić information content (AvgIpc) is 1.65. The Morgan fingerprint density at radius 2 is 1.62 bits per heavy atom. The quantitative estimate of drug-likeness (QED) is 0.440. The highest BCUT2D eigenvalue weighted by Crippen LogP contribution is 1.96. The molecule has 0 amide bonds. The first-order valence-corrected chi connectivity index (χ1v) is 2.64. The molecule has 0 aliphatic rings. The van der Waals surface area contributed by atoms with E-state index < -0.39 is 0 Å². The highest BCUT2D eigenvalue weighted by molar-refractivity contribution is 5.85. The van der Waals surface area contributed by atoms with E-state index in [0.717, 1.165) is 0 Å². The molecular weight excluding hydrogens is 124 g/mol. The second kappa shape index (κ2) is 5.35. The molecule has 52 valence electrons. The molecule has 3 N–H and O–H groups in total. The first-order chi connectivity index (χ1) is 3.18. The zero-order chi connectivity index (χ0) is 5.86. The molecule has 8 heavy (non-hydrogen) atoms. The van der Waals surface area contributed by atoms with Gasteiger partial charge in [0.25, 0.3) is 0 Å². The van der Waals surface area contributed by atoms with Gasteiger partial charge in [0.1, 0.15) is 0 Å². The van der Waals surface area contributed by atoms with Crippen LogP contribution in [0.25, 0.3) is 0 Å². The van der Waals surface area contributed by atoms with Crippen molar-refractivity contribution < 1.29 is 0 Å². The summed E-state index contributed by atoms with van der Waals surface area (Å²) in [5.74, 6) is 5.75. The number of hydrogen-bond acceptors (Lipinski definition) is 2. The van der Waals surface area contributed by atoms with Crippen LogP contribution in [0.1, 0.15) is 20.8 Å². The molecule has 0 aromatic rings. The molecule has 0 aromatic heterocycles. The largest absolute Gasteiger partial charge is 0.271 e. The Hall–Kier alpha value is 0.210. The molecule has 0 spiro atoms. The molecule has 0 fully saturated rings. The summed E-state index contributed by atoms with van der Waals surface area (Å²) in [6.07, 6.45) is 0. The van der Waals surface area contributed by atoms with Crippen LogP contribution in [0.2, 0.25) is 0 Å². The van der Waals surface area contributed by atoms with Gasteiger partial charge in [-0.05, 0) is 12.8 Å². The lowest BCUT2D eigenvalue weighted by molar-refractivity contribution is 0.437. The van der Waals surface area contributed by atoms with Gasteiger partial charge in [-0.1, -0.05) is 13.8 Å². The highest BCUT2D eigenvalue weighted by atomic mass is 35.5. The molecule has 0 radical (unpaired) electrons. The van der Waals surface area contributed by atoms with Crippen LogP contribution in [-0.2, 0) is 0 Å². The number of halogens is 1. The standard InChI is InChI=1S/C5H14N2.ClH/c1-4(2)5(3)7-6;/h4-5,7H,6H2,1-3H3;1H. The Balaban J connectivity index is 0. The van der Waals surface area contributed by atoms with E-state index in [1.165, 1.54) is 0 Å². The van der Waals surface area contributed by atoms with Crippen LogP contribution in [0.5, 0.6) is 0 Å². The van der Waals surface area contributed by atoms with E-state index in [9.17, 15) is 0 Å². The summed E-state index contributed by atoms with van der Waals surface area (Å²) in [6.45, 7) is 6.32. The maximum atomic E-state index is 5.12. The first kappa shape index (κ1) is 11.1. The van der Waals surface area contributed by atoms with E-state index in [1.54, 1.807) is 0 Å². The predicted molar refractivity (Wildman–Crippen MR) is 38.9 cm³/mol. The van der Waals surface area contributed by atoms with E-state index in [0.29, 0.717) is 12.0 Å². The fourth-order valence-electron chi connectivity index (χ4n) is 0.192. The van der Waals surface area contributed by atoms with Crippen molar-refractivity contribution in [2.75, 3.05) is 0 Å². The van der Waals surface area contributed by atoms with Crippen molar-refractivity contribution in [3.05, 3.63) is 0 Å². The van der Waals surface area contributed by atoms with Gasteiger partial charge in [0.2, 0.25) is 0 Å². The summed E-state index contributed by atoms with van der Waals surface area (Å²) >= 11 is 0. The van der Waals surface area contributed by atoms with Crippen molar-refractivity contribution in [1.29, 1.82) is 0 Å². The van der Waals surface area contributed by atoms with Gasteiger partial charge in [-0.3, -0.25) is 11.3 Å². The third-order valence-corrected chi connectivity index (χ3v) is 1.26. The SMILES string of the molecule is CC(C)C(C)NN.Cl. The zero-order valence-corrected chi connectivity index (χ0v) is 6.46. The second-order valence-corrected chi connectivity index (χ2v) is 2.20. The van der Waals surface area contributed by atoms with Gasteiger partial charge < -0.3 is 0 Å². The van der Waals surface area contributed by atoms with E-state index in [4.69, 9.17) is 5.84 Å². The first-order valence-electron chi connectivity index (χ1n) is 2.64. The predicted octanol–water partition coefficient (Wildman–Crippen LogP) is 0.916. The van der Waals surface area contributed by atoms with E-state index in [1.807, 2.05) is 0 Å². The summed E-state index contributed by atoms with van der Waals surface area (Å²) in [7, 11) is 0. The number of rotatable bonds is 2. The molecule has 0 aliphatic heterocycles. The molecular formula is C5H15ClN2. The minimum Gasteiger partial charge on any atom is -0.271 e. The normalized spacial score (nSPS) is 13.1. The van der Waals surface area contributed by atoms with Gasteiger partial charge in [0.15, 0.2) is 0 Å². The summed E-state index contributed by atoms with van der Waals surface area (Å²) in [6, 6.07) is 0.431. The maximum Gasteiger partial charge on any atom is 0.0205 e. The summed E-state index contributed by atoms with van der Waals surface area (Å²) in [5.41, 5.74) is 2.66. The van der Waals surface area contributed by atoms with Gasteiger partial charge in [-0.25, -0.2) is 0 Å².